The second-order valence-corrected chi connectivity index (χ2v) is 5.47. The summed E-state index contributed by atoms with van der Waals surface area (Å²) in [6, 6.07) is 11.7. The van der Waals surface area contributed by atoms with Gasteiger partial charge in [0.05, 0.1) is 12.8 Å². The molecule has 1 aromatic carbocycles. The third-order valence-electron chi connectivity index (χ3n) is 3.73. The van der Waals surface area contributed by atoms with Crippen LogP contribution in [0.1, 0.15) is 11.3 Å². The highest BCUT2D eigenvalue weighted by Gasteiger charge is 2.38. The molecule has 124 valence electrons. The van der Waals surface area contributed by atoms with Crippen LogP contribution < -0.4 is 10.6 Å². The number of hydrogen-bond donors (Lipinski definition) is 2. The highest BCUT2D eigenvalue weighted by Crippen LogP contribution is 2.12. The average molecular weight is 327 g/mol. The molecule has 2 N–H and O–H groups in total. The van der Waals surface area contributed by atoms with E-state index in [0.717, 1.165) is 10.5 Å². The van der Waals surface area contributed by atoms with E-state index in [-0.39, 0.29) is 13.1 Å². The zero-order chi connectivity index (χ0) is 16.9. The Labute approximate surface area is 138 Å². The molecule has 2 heterocycles. The van der Waals surface area contributed by atoms with E-state index in [2.05, 4.69) is 10.6 Å². The molecule has 3 rings (SSSR count). The van der Waals surface area contributed by atoms with Gasteiger partial charge in [-0.15, -0.1) is 0 Å². The number of imide groups is 1. The molecule has 0 radical (unpaired) electrons. The molecule has 0 saturated carbocycles. The fourth-order valence-corrected chi connectivity index (χ4v) is 2.51. The number of benzene rings is 1. The third-order valence-corrected chi connectivity index (χ3v) is 3.73. The van der Waals surface area contributed by atoms with E-state index < -0.39 is 23.9 Å². The molecule has 1 fully saturated rings. The molecule has 7 nitrogen and oxygen atoms in total. The van der Waals surface area contributed by atoms with Crippen LogP contribution in [0.4, 0.5) is 4.79 Å². The van der Waals surface area contributed by atoms with Crippen molar-refractivity contribution in [1.29, 1.82) is 0 Å². The molecule has 1 saturated heterocycles. The van der Waals surface area contributed by atoms with Crippen molar-refractivity contribution >= 4 is 17.8 Å². The van der Waals surface area contributed by atoms with Gasteiger partial charge in [-0.2, -0.15) is 0 Å². The molecular weight excluding hydrogens is 310 g/mol. The minimum atomic E-state index is -0.641. The Morgan fingerprint density at radius 2 is 1.96 bits per heavy atom. The maximum Gasteiger partial charge on any atom is 0.325 e. The number of carbonyl (C=O) groups is 3. The van der Waals surface area contributed by atoms with Gasteiger partial charge in [0, 0.05) is 6.42 Å². The van der Waals surface area contributed by atoms with Crippen molar-refractivity contribution in [3.8, 4) is 0 Å². The van der Waals surface area contributed by atoms with Gasteiger partial charge in [-0.1, -0.05) is 30.3 Å². The predicted molar refractivity (Wildman–Crippen MR) is 84.7 cm³/mol. The number of hydrogen-bond acceptors (Lipinski definition) is 4. The smallest absolute Gasteiger partial charge is 0.325 e. The van der Waals surface area contributed by atoms with E-state index in [0.29, 0.717) is 12.2 Å². The first-order valence-electron chi connectivity index (χ1n) is 7.58. The first-order valence-corrected chi connectivity index (χ1v) is 7.58. The summed E-state index contributed by atoms with van der Waals surface area (Å²) in [4.78, 5) is 37.1. The van der Waals surface area contributed by atoms with E-state index in [9.17, 15) is 14.4 Å². The van der Waals surface area contributed by atoms with E-state index in [1.165, 1.54) is 6.26 Å². The maximum absolute atomic E-state index is 12.3. The lowest BCUT2D eigenvalue weighted by molar-refractivity contribution is -0.132. The van der Waals surface area contributed by atoms with Crippen LogP contribution in [0.5, 0.6) is 0 Å². The molecule has 1 aromatic heterocycles. The summed E-state index contributed by atoms with van der Waals surface area (Å²) in [6.45, 7) is -0.0976. The molecular formula is C17H17N3O4. The second kappa shape index (κ2) is 6.99. The van der Waals surface area contributed by atoms with Crippen LogP contribution in [0, 0.1) is 0 Å². The molecule has 0 unspecified atom stereocenters. The van der Waals surface area contributed by atoms with Gasteiger partial charge in [-0.25, -0.2) is 4.79 Å². The van der Waals surface area contributed by atoms with Gasteiger partial charge >= 0.3 is 6.03 Å². The summed E-state index contributed by atoms with van der Waals surface area (Å²) in [6.07, 6.45) is 1.91. The largest absolute Gasteiger partial charge is 0.467 e. The monoisotopic (exact) mass is 327 g/mol. The molecule has 0 bridgehead atoms. The van der Waals surface area contributed by atoms with Crippen molar-refractivity contribution < 1.29 is 18.8 Å². The third kappa shape index (κ3) is 3.62. The minimum absolute atomic E-state index is 0.211. The Kier molecular flexibility index (Phi) is 4.60. The van der Waals surface area contributed by atoms with Crippen LogP contribution in [0.3, 0.4) is 0 Å². The Morgan fingerprint density at radius 3 is 2.67 bits per heavy atom. The van der Waals surface area contributed by atoms with Crippen LogP contribution in [0.15, 0.2) is 53.1 Å². The summed E-state index contributed by atoms with van der Waals surface area (Å²) in [7, 11) is 0. The number of carbonyl (C=O) groups excluding carboxylic acids is 3. The summed E-state index contributed by atoms with van der Waals surface area (Å²) in [5, 5.41) is 5.23. The van der Waals surface area contributed by atoms with E-state index >= 15 is 0 Å². The molecule has 1 atom stereocenters. The Morgan fingerprint density at radius 1 is 1.17 bits per heavy atom. The van der Waals surface area contributed by atoms with Gasteiger partial charge in [0.2, 0.25) is 5.91 Å². The van der Waals surface area contributed by atoms with Crippen LogP contribution in [-0.4, -0.2) is 35.3 Å². The van der Waals surface area contributed by atoms with Crippen molar-refractivity contribution in [3.05, 3.63) is 60.1 Å². The van der Waals surface area contributed by atoms with Crippen molar-refractivity contribution in [3.63, 3.8) is 0 Å². The molecule has 1 aliphatic heterocycles. The summed E-state index contributed by atoms with van der Waals surface area (Å²) in [5.74, 6) is -0.213. The lowest BCUT2D eigenvalue weighted by Crippen LogP contribution is -2.41. The molecule has 24 heavy (non-hydrogen) atoms. The lowest BCUT2D eigenvalue weighted by Gasteiger charge is -2.12. The van der Waals surface area contributed by atoms with Gasteiger partial charge < -0.3 is 15.1 Å². The van der Waals surface area contributed by atoms with Gasteiger partial charge in [-0.05, 0) is 17.7 Å². The topological polar surface area (TPSA) is 91.7 Å². The lowest BCUT2D eigenvalue weighted by atomic mass is 10.1. The summed E-state index contributed by atoms with van der Waals surface area (Å²) < 4.78 is 5.11. The van der Waals surface area contributed by atoms with Gasteiger partial charge in [0.1, 0.15) is 18.3 Å². The van der Waals surface area contributed by atoms with Gasteiger partial charge in [-0.3, -0.25) is 14.5 Å². The fraction of sp³-hybridized carbons (Fsp3) is 0.235. The first-order chi connectivity index (χ1) is 11.6. The number of furan rings is 1. The quantitative estimate of drug-likeness (QED) is 0.776. The van der Waals surface area contributed by atoms with Crippen molar-refractivity contribution in [1.82, 2.24) is 15.5 Å². The van der Waals surface area contributed by atoms with E-state index in [4.69, 9.17) is 4.42 Å². The average Bonchev–Trinajstić information content (AvgIpc) is 3.18. The molecule has 0 spiro atoms. The number of nitrogens with zero attached hydrogens (tertiary/aromatic N) is 1. The van der Waals surface area contributed by atoms with Crippen LogP contribution >= 0.6 is 0 Å². The van der Waals surface area contributed by atoms with Crippen molar-refractivity contribution in [2.45, 2.75) is 19.0 Å². The first kappa shape index (κ1) is 15.8. The van der Waals surface area contributed by atoms with E-state index in [1.807, 2.05) is 30.3 Å². The van der Waals surface area contributed by atoms with Crippen LogP contribution in [0.25, 0.3) is 0 Å². The highest BCUT2D eigenvalue weighted by atomic mass is 16.3. The molecule has 0 aliphatic carbocycles. The Balaban J connectivity index is 1.55. The highest BCUT2D eigenvalue weighted by molar-refractivity contribution is 6.06. The van der Waals surface area contributed by atoms with Crippen molar-refractivity contribution in [2.24, 2.45) is 0 Å². The maximum atomic E-state index is 12.3. The minimum Gasteiger partial charge on any atom is -0.467 e. The number of urea groups is 1. The summed E-state index contributed by atoms with van der Waals surface area (Å²) >= 11 is 0. The molecule has 2 aromatic rings. The number of rotatable bonds is 6. The molecule has 1 aliphatic rings. The predicted octanol–water partition coefficient (Wildman–Crippen LogP) is 1.06. The Bertz CT molecular complexity index is 728. The SMILES string of the molecule is O=C(CN1C(=O)N[C@H](Cc2ccccc2)C1=O)NCc1ccco1. The van der Waals surface area contributed by atoms with Crippen molar-refractivity contribution in [2.75, 3.05) is 6.54 Å². The molecule has 7 heteroatoms. The normalized spacial score (nSPS) is 17.0. The second-order valence-electron chi connectivity index (χ2n) is 5.47. The van der Waals surface area contributed by atoms with Gasteiger partial charge in [0.15, 0.2) is 0 Å². The number of nitrogens with one attached hydrogen (secondary N) is 2. The molecule has 4 amide bonds. The van der Waals surface area contributed by atoms with Gasteiger partial charge in [0.25, 0.3) is 5.91 Å². The standard InChI is InChI=1S/C17H17N3O4/c21-15(18-10-13-7-4-8-24-13)11-20-16(22)14(19-17(20)23)9-12-5-2-1-3-6-12/h1-8,14H,9-11H2,(H,18,21)(H,19,23)/t14-/m1/s1. The Hall–Kier alpha value is -3.09. The van der Waals surface area contributed by atoms with Crippen LogP contribution in [-0.2, 0) is 22.6 Å². The van der Waals surface area contributed by atoms with Crippen LogP contribution in [0.2, 0.25) is 0 Å². The summed E-state index contributed by atoms with van der Waals surface area (Å²) in [5.41, 5.74) is 0.945. The fourth-order valence-electron chi connectivity index (χ4n) is 2.51. The van der Waals surface area contributed by atoms with E-state index in [1.54, 1.807) is 12.1 Å². The zero-order valence-corrected chi connectivity index (χ0v) is 12.9. The number of amides is 4. The zero-order valence-electron chi connectivity index (χ0n) is 12.9.